The third kappa shape index (κ3) is 5.10. The molecule has 0 aromatic heterocycles. The Morgan fingerprint density at radius 2 is 1.94 bits per heavy atom. The van der Waals surface area contributed by atoms with Gasteiger partial charge in [-0.3, -0.25) is 0 Å². The number of hydrogen-bond donors (Lipinski definition) is 1. The SMILES string of the molecule is CCCCCC(CNCC)c1ccccc1Cl. The van der Waals surface area contributed by atoms with E-state index in [0.29, 0.717) is 5.92 Å². The number of halogens is 1. The highest BCUT2D eigenvalue weighted by atomic mass is 35.5. The van der Waals surface area contributed by atoms with Gasteiger partial charge in [0, 0.05) is 11.6 Å². The van der Waals surface area contributed by atoms with Crippen LogP contribution in [-0.2, 0) is 0 Å². The van der Waals surface area contributed by atoms with Gasteiger partial charge in [0.2, 0.25) is 0 Å². The summed E-state index contributed by atoms with van der Waals surface area (Å²) in [7, 11) is 0. The first-order chi connectivity index (χ1) is 8.29. The molecule has 1 N–H and O–H groups in total. The van der Waals surface area contributed by atoms with Gasteiger partial charge in [-0.1, -0.05) is 62.9 Å². The zero-order valence-corrected chi connectivity index (χ0v) is 11.8. The maximum absolute atomic E-state index is 6.28. The van der Waals surface area contributed by atoms with Crippen LogP contribution in [0.4, 0.5) is 0 Å². The van der Waals surface area contributed by atoms with Crippen molar-refractivity contribution in [3.63, 3.8) is 0 Å². The Labute approximate surface area is 111 Å². The van der Waals surface area contributed by atoms with Gasteiger partial charge in [0.15, 0.2) is 0 Å². The van der Waals surface area contributed by atoms with E-state index in [1.807, 2.05) is 12.1 Å². The van der Waals surface area contributed by atoms with Gasteiger partial charge in [-0.25, -0.2) is 0 Å². The summed E-state index contributed by atoms with van der Waals surface area (Å²) in [6.07, 6.45) is 5.10. The highest BCUT2D eigenvalue weighted by molar-refractivity contribution is 6.31. The molecule has 1 unspecified atom stereocenters. The van der Waals surface area contributed by atoms with Crippen molar-refractivity contribution in [2.75, 3.05) is 13.1 Å². The van der Waals surface area contributed by atoms with Crippen LogP contribution in [0.15, 0.2) is 24.3 Å². The van der Waals surface area contributed by atoms with Crippen molar-refractivity contribution >= 4 is 11.6 Å². The smallest absolute Gasteiger partial charge is 0.0441 e. The molecule has 0 fully saturated rings. The van der Waals surface area contributed by atoms with Gasteiger partial charge in [0.25, 0.3) is 0 Å². The first-order valence-corrected chi connectivity index (χ1v) is 7.12. The molecule has 1 atom stereocenters. The predicted molar refractivity (Wildman–Crippen MR) is 76.9 cm³/mol. The largest absolute Gasteiger partial charge is 0.316 e. The van der Waals surface area contributed by atoms with E-state index in [1.165, 1.54) is 31.2 Å². The number of nitrogens with one attached hydrogen (secondary N) is 1. The van der Waals surface area contributed by atoms with Crippen molar-refractivity contribution in [3.8, 4) is 0 Å². The third-order valence-electron chi connectivity index (χ3n) is 3.14. The normalized spacial score (nSPS) is 12.6. The van der Waals surface area contributed by atoms with E-state index in [4.69, 9.17) is 11.6 Å². The second-order valence-electron chi connectivity index (χ2n) is 4.52. The van der Waals surface area contributed by atoms with Gasteiger partial charge in [0.1, 0.15) is 0 Å². The molecule has 0 radical (unpaired) electrons. The summed E-state index contributed by atoms with van der Waals surface area (Å²) in [6, 6.07) is 8.24. The van der Waals surface area contributed by atoms with Crippen molar-refractivity contribution in [2.24, 2.45) is 0 Å². The van der Waals surface area contributed by atoms with Crippen LogP contribution in [0.1, 0.15) is 51.0 Å². The van der Waals surface area contributed by atoms with Crippen molar-refractivity contribution < 1.29 is 0 Å². The van der Waals surface area contributed by atoms with Crippen LogP contribution in [0.25, 0.3) is 0 Å². The van der Waals surface area contributed by atoms with Gasteiger partial charge in [-0.05, 0) is 30.5 Å². The molecule has 17 heavy (non-hydrogen) atoms. The van der Waals surface area contributed by atoms with Crippen LogP contribution < -0.4 is 5.32 Å². The first kappa shape index (κ1) is 14.5. The lowest BCUT2D eigenvalue weighted by Crippen LogP contribution is -2.21. The first-order valence-electron chi connectivity index (χ1n) is 6.74. The number of likely N-dealkylation sites (N-methyl/N-ethyl adjacent to an activating group) is 1. The molecule has 0 heterocycles. The van der Waals surface area contributed by atoms with E-state index in [1.54, 1.807) is 0 Å². The lowest BCUT2D eigenvalue weighted by Gasteiger charge is -2.19. The Hall–Kier alpha value is -0.530. The summed E-state index contributed by atoms with van der Waals surface area (Å²) in [5.41, 5.74) is 1.30. The Bertz CT molecular complexity index is 312. The minimum absolute atomic E-state index is 0.551. The molecule has 96 valence electrons. The summed E-state index contributed by atoms with van der Waals surface area (Å²) in [4.78, 5) is 0. The van der Waals surface area contributed by atoms with Crippen molar-refractivity contribution in [2.45, 2.75) is 45.4 Å². The Morgan fingerprint density at radius 3 is 2.59 bits per heavy atom. The molecule has 0 saturated carbocycles. The zero-order chi connectivity index (χ0) is 12.5. The van der Waals surface area contributed by atoms with E-state index in [0.717, 1.165) is 18.1 Å². The van der Waals surface area contributed by atoms with Gasteiger partial charge >= 0.3 is 0 Å². The van der Waals surface area contributed by atoms with Gasteiger partial charge < -0.3 is 5.32 Å². The molecule has 0 aliphatic rings. The maximum Gasteiger partial charge on any atom is 0.0441 e. The van der Waals surface area contributed by atoms with Crippen LogP contribution in [-0.4, -0.2) is 13.1 Å². The summed E-state index contributed by atoms with van der Waals surface area (Å²) < 4.78 is 0. The highest BCUT2D eigenvalue weighted by Gasteiger charge is 2.13. The van der Waals surface area contributed by atoms with Gasteiger partial charge in [0.05, 0.1) is 0 Å². The van der Waals surface area contributed by atoms with Crippen molar-refractivity contribution in [3.05, 3.63) is 34.9 Å². The molecule has 1 aromatic carbocycles. The predicted octanol–water partition coefficient (Wildman–Crippen LogP) is 4.61. The maximum atomic E-state index is 6.28. The van der Waals surface area contributed by atoms with Crippen molar-refractivity contribution in [1.29, 1.82) is 0 Å². The topological polar surface area (TPSA) is 12.0 Å². The molecule has 0 bridgehead atoms. The van der Waals surface area contributed by atoms with Crippen LogP contribution in [0.2, 0.25) is 5.02 Å². The van der Waals surface area contributed by atoms with Crippen LogP contribution in [0, 0.1) is 0 Å². The van der Waals surface area contributed by atoms with E-state index in [9.17, 15) is 0 Å². The average molecular weight is 254 g/mol. The minimum atomic E-state index is 0.551. The molecule has 1 nitrogen and oxygen atoms in total. The number of unbranched alkanes of at least 4 members (excludes halogenated alkanes) is 2. The summed E-state index contributed by atoms with van der Waals surface area (Å²) in [5, 5.41) is 4.35. The number of benzene rings is 1. The molecule has 0 amide bonds. The lowest BCUT2D eigenvalue weighted by molar-refractivity contribution is 0.528. The minimum Gasteiger partial charge on any atom is -0.316 e. The summed E-state index contributed by atoms with van der Waals surface area (Å²) >= 11 is 6.28. The van der Waals surface area contributed by atoms with Crippen LogP contribution in [0.5, 0.6) is 0 Å². The van der Waals surface area contributed by atoms with E-state index in [-0.39, 0.29) is 0 Å². The van der Waals surface area contributed by atoms with E-state index >= 15 is 0 Å². The lowest BCUT2D eigenvalue weighted by atomic mass is 9.93. The fraction of sp³-hybridized carbons (Fsp3) is 0.600. The standard InChI is InChI=1S/C15H24ClN/c1-3-5-6-9-13(12-17-4-2)14-10-7-8-11-15(14)16/h7-8,10-11,13,17H,3-6,9,12H2,1-2H3. The Balaban J connectivity index is 2.64. The average Bonchev–Trinajstić information content (AvgIpc) is 2.35. The zero-order valence-electron chi connectivity index (χ0n) is 11.0. The molecule has 0 aliphatic carbocycles. The van der Waals surface area contributed by atoms with E-state index < -0.39 is 0 Å². The summed E-state index contributed by atoms with van der Waals surface area (Å²) in [6.45, 7) is 6.45. The molecule has 1 aromatic rings. The van der Waals surface area contributed by atoms with Gasteiger partial charge in [-0.2, -0.15) is 0 Å². The quantitative estimate of drug-likeness (QED) is 0.667. The van der Waals surface area contributed by atoms with Crippen molar-refractivity contribution in [1.82, 2.24) is 5.32 Å². The Morgan fingerprint density at radius 1 is 1.18 bits per heavy atom. The molecule has 2 heteroatoms. The van der Waals surface area contributed by atoms with Gasteiger partial charge in [-0.15, -0.1) is 0 Å². The van der Waals surface area contributed by atoms with E-state index in [2.05, 4.69) is 31.3 Å². The fourth-order valence-electron chi connectivity index (χ4n) is 2.13. The second-order valence-corrected chi connectivity index (χ2v) is 4.93. The third-order valence-corrected chi connectivity index (χ3v) is 3.49. The Kier molecular flexibility index (Phi) is 7.30. The summed E-state index contributed by atoms with van der Waals surface area (Å²) in [5.74, 6) is 0.551. The molecule has 0 spiro atoms. The number of hydrogen-bond acceptors (Lipinski definition) is 1. The molecule has 0 aliphatic heterocycles. The molecule has 1 rings (SSSR count). The van der Waals surface area contributed by atoms with Crippen LogP contribution in [0.3, 0.4) is 0 Å². The molecular weight excluding hydrogens is 230 g/mol. The molecule has 0 saturated heterocycles. The van der Waals surface area contributed by atoms with Crippen LogP contribution >= 0.6 is 11.6 Å². The monoisotopic (exact) mass is 253 g/mol. The second kappa shape index (κ2) is 8.54. The highest BCUT2D eigenvalue weighted by Crippen LogP contribution is 2.28. The fourth-order valence-corrected chi connectivity index (χ4v) is 2.42. The number of rotatable bonds is 8. The molecular formula is C15H24ClN.